The molecule has 0 aliphatic carbocycles. The number of nitrogens with zero attached hydrogens (tertiary/aromatic N) is 1. The Morgan fingerprint density at radius 1 is 1.43 bits per heavy atom. The summed E-state index contributed by atoms with van der Waals surface area (Å²) in [6.45, 7) is 4.08. The van der Waals surface area contributed by atoms with Gasteiger partial charge in [-0.15, -0.1) is 0 Å². The summed E-state index contributed by atoms with van der Waals surface area (Å²) >= 11 is 0. The average Bonchev–Trinajstić information content (AvgIpc) is 2.48. The molecule has 0 spiro atoms. The zero-order valence-electron chi connectivity index (χ0n) is 12.0. The Labute approximate surface area is 123 Å². The predicted molar refractivity (Wildman–Crippen MR) is 79.4 cm³/mol. The Hall–Kier alpha value is -2.40. The first-order chi connectivity index (χ1) is 10.1. The highest BCUT2D eigenvalue weighted by Crippen LogP contribution is 2.25. The molecule has 0 bridgehead atoms. The number of benzene rings is 1. The molecular formula is C16H18N2O3. The van der Waals surface area contributed by atoms with Gasteiger partial charge in [-0.3, -0.25) is 9.78 Å². The van der Waals surface area contributed by atoms with Crippen molar-refractivity contribution in [2.24, 2.45) is 0 Å². The SMILES string of the molecule is Cc1cc(CNC(C)C(=O)O)ccc1Oc1cccnc1. The number of aliphatic carboxylic acids is 1. The third-order valence-corrected chi connectivity index (χ3v) is 3.08. The van der Waals surface area contributed by atoms with Crippen LogP contribution in [-0.4, -0.2) is 22.1 Å². The van der Waals surface area contributed by atoms with E-state index in [1.165, 1.54) is 0 Å². The van der Waals surface area contributed by atoms with E-state index >= 15 is 0 Å². The third kappa shape index (κ3) is 4.29. The lowest BCUT2D eigenvalue weighted by Gasteiger charge is -2.12. The lowest BCUT2D eigenvalue weighted by molar-refractivity contribution is -0.139. The van der Waals surface area contributed by atoms with E-state index in [0.29, 0.717) is 12.3 Å². The summed E-state index contributed by atoms with van der Waals surface area (Å²) < 4.78 is 5.75. The first-order valence-corrected chi connectivity index (χ1v) is 6.70. The highest BCUT2D eigenvalue weighted by molar-refractivity contribution is 5.72. The van der Waals surface area contributed by atoms with Gasteiger partial charge in [0.15, 0.2) is 0 Å². The van der Waals surface area contributed by atoms with E-state index in [9.17, 15) is 4.79 Å². The number of hydrogen-bond donors (Lipinski definition) is 2. The zero-order valence-corrected chi connectivity index (χ0v) is 12.0. The molecule has 2 aromatic rings. The van der Waals surface area contributed by atoms with Crippen LogP contribution in [0.2, 0.25) is 0 Å². The second kappa shape index (κ2) is 6.85. The second-order valence-corrected chi connectivity index (χ2v) is 4.83. The lowest BCUT2D eigenvalue weighted by Crippen LogP contribution is -2.33. The molecule has 21 heavy (non-hydrogen) atoms. The van der Waals surface area contributed by atoms with E-state index in [2.05, 4.69) is 10.3 Å². The number of aryl methyl sites for hydroxylation is 1. The molecule has 2 N–H and O–H groups in total. The number of nitrogens with one attached hydrogen (secondary N) is 1. The largest absolute Gasteiger partial charge is 0.480 e. The van der Waals surface area contributed by atoms with Crippen molar-refractivity contribution in [2.75, 3.05) is 0 Å². The topological polar surface area (TPSA) is 71.5 Å². The number of carboxylic acid groups (broad SMARTS) is 1. The summed E-state index contributed by atoms with van der Waals surface area (Å²) in [6.07, 6.45) is 3.35. The molecule has 1 unspecified atom stereocenters. The zero-order chi connectivity index (χ0) is 15.2. The molecule has 0 amide bonds. The minimum absolute atomic E-state index is 0.501. The first kappa shape index (κ1) is 15.0. The number of hydrogen-bond acceptors (Lipinski definition) is 4. The molecule has 0 aliphatic heterocycles. The maximum Gasteiger partial charge on any atom is 0.320 e. The minimum atomic E-state index is -0.858. The standard InChI is InChI=1S/C16H18N2O3/c1-11-8-13(9-18-12(2)16(19)20)5-6-15(11)21-14-4-3-7-17-10-14/h3-8,10,12,18H,9H2,1-2H3,(H,19,20). The van der Waals surface area contributed by atoms with Gasteiger partial charge < -0.3 is 15.2 Å². The molecule has 5 nitrogen and oxygen atoms in total. The van der Waals surface area contributed by atoms with Crippen LogP contribution in [0.4, 0.5) is 0 Å². The Morgan fingerprint density at radius 2 is 2.24 bits per heavy atom. The molecule has 0 saturated heterocycles. The van der Waals surface area contributed by atoms with Crippen LogP contribution >= 0.6 is 0 Å². The van der Waals surface area contributed by atoms with Crippen LogP contribution in [-0.2, 0) is 11.3 Å². The predicted octanol–water partition coefficient (Wildman–Crippen LogP) is 2.75. The Kier molecular flexibility index (Phi) is 4.90. The smallest absolute Gasteiger partial charge is 0.320 e. The van der Waals surface area contributed by atoms with Crippen LogP contribution in [0.5, 0.6) is 11.5 Å². The van der Waals surface area contributed by atoms with Crippen LogP contribution in [0, 0.1) is 6.92 Å². The monoisotopic (exact) mass is 286 g/mol. The van der Waals surface area contributed by atoms with Gasteiger partial charge in [-0.25, -0.2) is 0 Å². The van der Waals surface area contributed by atoms with Crippen LogP contribution < -0.4 is 10.1 Å². The molecule has 0 radical (unpaired) electrons. The number of carbonyl (C=O) groups is 1. The molecule has 1 aromatic heterocycles. The van der Waals surface area contributed by atoms with Gasteiger partial charge in [-0.2, -0.15) is 0 Å². The summed E-state index contributed by atoms with van der Waals surface area (Å²) in [7, 11) is 0. The van der Waals surface area contributed by atoms with Crippen molar-refractivity contribution in [1.82, 2.24) is 10.3 Å². The van der Waals surface area contributed by atoms with Crippen LogP contribution in [0.3, 0.4) is 0 Å². The second-order valence-electron chi connectivity index (χ2n) is 4.83. The summed E-state index contributed by atoms with van der Waals surface area (Å²) in [6, 6.07) is 8.86. The average molecular weight is 286 g/mol. The summed E-state index contributed by atoms with van der Waals surface area (Å²) in [5.41, 5.74) is 2.00. The van der Waals surface area contributed by atoms with Gasteiger partial charge in [0.2, 0.25) is 0 Å². The normalized spacial score (nSPS) is 11.9. The summed E-state index contributed by atoms with van der Waals surface area (Å²) in [5.74, 6) is 0.590. The fourth-order valence-corrected chi connectivity index (χ4v) is 1.83. The number of pyridine rings is 1. The number of ether oxygens (including phenoxy) is 1. The highest BCUT2D eigenvalue weighted by Gasteiger charge is 2.10. The van der Waals surface area contributed by atoms with Gasteiger partial charge in [0.05, 0.1) is 6.20 Å². The quantitative estimate of drug-likeness (QED) is 0.854. The molecule has 1 atom stereocenters. The van der Waals surface area contributed by atoms with Crippen LogP contribution in [0.25, 0.3) is 0 Å². The lowest BCUT2D eigenvalue weighted by atomic mass is 10.1. The van der Waals surface area contributed by atoms with E-state index < -0.39 is 12.0 Å². The van der Waals surface area contributed by atoms with Crippen molar-refractivity contribution >= 4 is 5.97 Å². The van der Waals surface area contributed by atoms with Crippen molar-refractivity contribution in [2.45, 2.75) is 26.4 Å². The van der Waals surface area contributed by atoms with E-state index in [0.717, 1.165) is 16.9 Å². The molecule has 5 heteroatoms. The van der Waals surface area contributed by atoms with E-state index in [4.69, 9.17) is 9.84 Å². The van der Waals surface area contributed by atoms with Gasteiger partial charge in [-0.1, -0.05) is 12.1 Å². The molecule has 0 fully saturated rings. The molecular weight excluding hydrogens is 268 g/mol. The van der Waals surface area contributed by atoms with Crippen LogP contribution in [0.1, 0.15) is 18.1 Å². The van der Waals surface area contributed by atoms with Crippen molar-refractivity contribution < 1.29 is 14.6 Å². The summed E-state index contributed by atoms with van der Waals surface area (Å²) in [4.78, 5) is 14.8. The van der Waals surface area contributed by atoms with Crippen molar-refractivity contribution in [1.29, 1.82) is 0 Å². The van der Waals surface area contributed by atoms with Crippen molar-refractivity contribution in [3.63, 3.8) is 0 Å². The molecule has 0 aliphatic rings. The van der Waals surface area contributed by atoms with Crippen LogP contribution in [0.15, 0.2) is 42.7 Å². The first-order valence-electron chi connectivity index (χ1n) is 6.70. The van der Waals surface area contributed by atoms with Gasteiger partial charge in [0, 0.05) is 12.7 Å². The highest BCUT2D eigenvalue weighted by atomic mass is 16.5. The van der Waals surface area contributed by atoms with Crippen molar-refractivity contribution in [3.05, 3.63) is 53.9 Å². The molecule has 1 aromatic carbocycles. The fourth-order valence-electron chi connectivity index (χ4n) is 1.83. The van der Waals surface area contributed by atoms with Gasteiger partial charge >= 0.3 is 5.97 Å². The number of carboxylic acids is 1. The minimum Gasteiger partial charge on any atom is -0.480 e. The van der Waals surface area contributed by atoms with E-state index in [1.807, 2.05) is 37.3 Å². The number of rotatable bonds is 6. The van der Waals surface area contributed by atoms with Crippen molar-refractivity contribution in [3.8, 4) is 11.5 Å². The molecule has 2 rings (SSSR count). The molecule has 1 heterocycles. The molecule has 0 saturated carbocycles. The maximum absolute atomic E-state index is 10.8. The number of aromatic nitrogens is 1. The Bertz CT molecular complexity index is 614. The third-order valence-electron chi connectivity index (χ3n) is 3.08. The van der Waals surface area contributed by atoms with Gasteiger partial charge in [0.25, 0.3) is 0 Å². The fraction of sp³-hybridized carbons (Fsp3) is 0.250. The Balaban J connectivity index is 2.02. The molecule has 110 valence electrons. The van der Waals surface area contributed by atoms with Gasteiger partial charge in [-0.05, 0) is 43.2 Å². The maximum atomic E-state index is 10.8. The van der Waals surface area contributed by atoms with E-state index in [-0.39, 0.29) is 0 Å². The Morgan fingerprint density at radius 3 is 2.86 bits per heavy atom. The summed E-state index contributed by atoms with van der Waals surface area (Å²) in [5, 5.41) is 11.8. The van der Waals surface area contributed by atoms with E-state index in [1.54, 1.807) is 19.3 Å². The van der Waals surface area contributed by atoms with Gasteiger partial charge in [0.1, 0.15) is 17.5 Å².